The summed E-state index contributed by atoms with van der Waals surface area (Å²) in [6.07, 6.45) is 19.9. The van der Waals surface area contributed by atoms with E-state index in [9.17, 15) is 87.2 Å². The van der Waals surface area contributed by atoms with E-state index in [1.54, 1.807) is 19.0 Å². The Balaban J connectivity index is 4.88. The number of hydrogen-bond acceptors (Lipinski definition) is 23. The number of carbonyl (C=O) groups is 15. The number of unbranched alkanes of at least 4 members (excludes halogenated alkanes) is 16. The second-order valence-corrected chi connectivity index (χ2v) is 26.4. The lowest BCUT2D eigenvalue weighted by Crippen LogP contribution is -2.61. The van der Waals surface area contributed by atoms with Gasteiger partial charge in [0.25, 0.3) is 0 Å². The molecule has 7 atom stereocenters. The molecule has 0 aromatic rings. The van der Waals surface area contributed by atoms with E-state index < -0.39 is 172 Å². The number of carbonyl (C=O) groups excluding carboxylic acids is 14. The molecule has 0 spiro atoms. The Kier molecular flexibility index (Phi) is 58.8. The van der Waals surface area contributed by atoms with Crippen LogP contribution in [0.1, 0.15) is 213 Å². The van der Waals surface area contributed by atoms with Crippen molar-refractivity contribution in [3.05, 3.63) is 0 Å². The van der Waals surface area contributed by atoms with E-state index in [2.05, 4.69) is 47.9 Å². The van der Waals surface area contributed by atoms with Crippen LogP contribution in [0.15, 0.2) is 0 Å². The summed E-state index contributed by atoms with van der Waals surface area (Å²) in [5.74, 6) is -11.4. The third-order valence-electron chi connectivity index (χ3n) is 16.7. The Labute approximate surface area is 623 Å². The Bertz CT molecular complexity index is 2620. The summed E-state index contributed by atoms with van der Waals surface area (Å²) >= 11 is 0. The maximum Gasteiger partial charge on any atom is 0.303 e. The van der Waals surface area contributed by atoms with Crippen molar-refractivity contribution < 1.29 is 111 Å². The molecule has 0 bridgehead atoms. The third kappa shape index (κ3) is 54.0. The average Bonchev–Trinajstić information content (AvgIpc) is 0.859. The van der Waals surface area contributed by atoms with Crippen molar-refractivity contribution in [3.63, 3.8) is 0 Å². The number of primary amides is 2. The highest BCUT2D eigenvalue weighted by Gasteiger charge is 2.34. The Morgan fingerprint density at radius 1 is 0.368 bits per heavy atom. The number of aliphatic carboxylic acids is 1. The molecule has 0 aliphatic heterocycles. The highest BCUT2D eigenvalue weighted by Crippen LogP contribution is 2.16. The van der Waals surface area contributed by atoms with Gasteiger partial charge in [-0.25, -0.2) is 0 Å². The van der Waals surface area contributed by atoms with Gasteiger partial charge in [0.05, 0.1) is 65.4 Å². The first-order chi connectivity index (χ1) is 50.7. The molecule has 0 radical (unpaired) electrons. The summed E-state index contributed by atoms with van der Waals surface area (Å²) < 4.78 is 21.5. The van der Waals surface area contributed by atoms with E-state index in [-0.39, 0.29) is 102 Å². The van der Waals surface area contributed by atoms with Crippen molar-refractivity contribution in [1.82, 2.24) is 52.8 Å². The summed E-state index contributed by atoms with van der Waals surface area (Å²) in [7, 11) is 3.26. The zero-order chi connectivity index (χ0) is 79.3. The van der Waals surface area contributed by atoms with Crippen molar-refractivity contribution in [2.24, 2.45) is 11.5 Å². The number of Topliss-reactive ketones (excluding diaryl/α,β-unsaturated/α-hetero) is 3. The molecule has 0 rings (SSSR count). The van der Waals surface area contributed by atoms with Crippen LogP contribution < -0.4 is 59.3 Å². The molecule has 0 aromatic heterocycles. The summed E-state index contributed by atoms with van der Waals surface area (Å²) in [5.41, 5.74) is 10.7. The second-order valence-electron chi connectivity index (χ2n) is 26.4. The van der Waals surface area contributed by atoms with Crippen molar-refractivity contribution in [1.29, 1.82) is 0 Å². The summed E-state index contributed by atoms with van der Waals surface area (Å²) in [4.78, 5) is 192. The van der Waals surface area contributed by atoms with E-state index in [1.165, 1.54) is 71.1 Å². The highest BCUT2D eigenvalue weighted by atomic mass is 16.5. The lowest BCUT2D eigenvalue weighted by atomic mass is 10.0. The van der Waals surface area contributed by atoms with Crippen molar-refractivity contribution in [2.45, 2.75) is 255 Å². The molecular formula is C71H126N12O23. The quantitative estimate of drug-likeness (QED) is 0.0329. The SMILES string of the molecule is CCCC[C@H](NC(=O)CCCC(=O)[C@H](CO)NC(=O)[C@H](CCC(N)=O)NC(=O)[C@H](CCN(C)C)NC(=O)[C@H](CO)NC(=O)[C@H](CCC(N)=O)NC(=O)[C@@H](CO)NC(=O)CNC(=O)COCCOCCNC(=O)COCCOCCCC(=O)CCCCCCCCCCCCCCCCCCC(=O)O)C(C)=O. The van der Waals surface area contributed by atoms with E-state index in [0.717, 1.165) is 44.9 Å². The molecular weight excluding hydrogens is 1390 g/mol. The van der Waals surface area contributed by atoms with Crippen LogP contribution in [0.5, 0.6) is 0 Å². The van der Waals surface area contributed by atoms with Crippen LogP contribution >= 0.6 is 0 Å². The Hall–Kier alpha value is -7.67. The molecule has 0 fully saturated rings. The van der Waals surface area contributed by atoms with Crippen molar-refractivity contribution in [2.75, 3.05) is 106 Å². The predicted molar refractivity (Wildman–Crippen MR) is 388 cm³/mol. The molecule has 0 saturated carbocycles. The number of nitrogens with zero attached hydrogens (tertiary/aromatic N) is 1. The number of amides is 11. The number of ether oxygens (including phenoxy) is 4. The van der Waals surface area contributed by atoms with E-state index in [4.69, 9.17) is 35.5 Å². The fourth-order valence-corrected chi connectivity index (χ4v) is 10.5. The molecule has 608 valence electrons. The average molecular weight is 1520 g/mol. The van der Waals surface area contributed by atoms with Gasteiger partial charge < -0.3 is 104 Å². The minimum absolute atomic E-state index is 0.0108. The number of nitrogens with two attached hydrogens (primary N) is 2. The first kappa shape index (κ1) is 98.3. The molecule has 0 aliphatic rings. The molecule has 35 nitrogen and oxygen atoms in total. The van der Waals surface area contributed by atoms with Gasteiger partial charge in [-0.2, -0.15) is 0 Å². The van der Waals surface area contributed by atoms with Gasteiger partial charge in [0, 0.05) is 58.1 Å². The first-order valence-electron chi connectivity index (χ1n) is 37.4. The van der Waals surface area contributed by atoms with Crippen molar-refractivity contribution in [3.8, 4) is 0 Å². The van der Waals surface area contributed by atoms with E-state index in [0.29, 0.717) is 38.7 Å². The number of hydrogen-bond donors (Lipinski definition) is 15. The van der Waals surface area contributed by atoms with Crippen LogP contribution in [0.3, 0.4) is 0 Å². The Morgan fingerprint density at radius 3 is 1.22 bits per heavy atom. The molecule has 35 heteroatoms. The summed E-state index contributed by atoms with van der Waals surface area (Å²) in [6, 6.07) is -10.7. The summed E-state index contributed by atoms with van der Waals surface area (Å²) in [6.45, 7) is 0.0731. The number of rotatable bonds is 71. The normalized spacial score (nSPS) is 13.1. The van der Waals surface area contributed by atoms with Crippen LogP contribution in [-0.4, -0.2) is 262 Å². The number of carboxylic acids is 1. The topological polar surface area (TPSA) is 537 Å². The molecule has 0 saturated heterocycles. The van der Waals surface area contributed by atoms with E-state index in [1.807, 2.05) is 6.92 Å². The number of carboxylic acid groups (broad SMARTS) is 1. The van der Waals surface area contributed by atoms with Gasteiger partial charge >= 0.3 is 5.97 Å². The lowest BCUT2D eigenvalue weighted by molar-refractivity contribution is -0.137. The van der Waals surface area contributed by atoms with Crippen LogP contribution in [-0.2, 0) is 90.9 Å². The largest absolute Gasteiger partial charge is 0.481 e. The maximum atomic E-state index is 13.9. The number of aliphatic hydroxyl groups is 3. The van der Waals surface area contributed by atoms with Gasteiger partial charge in [0.15, 0.2) is 11.6 Å². The standard InChI is InChI=1S/C71H126N12O23/c1-5-6-27-52(50(2)87)76-62(92)29-23-28-59(89)56(45-84)81-67(98)53(31-33-60(72)90)78-69(100)55(35-37-83(3)4)80-71(102)58(47-86)82-68(99)54(32-34-61(73)91)79-70(101)57(46-85)77-63(93)44-75-65(95)49-106-43-41-104-39-36-74-64(94)48-105-42-40-103-38-24-26-51(88)25-21-19-17-15-13-11-9-7-8-10-12-14-16-18-20-22-30-66(96)97/h52-58,84-86H,5-49H2,1-4H3,(H2,72,90)(H2,73,91)(H,74,94)(H,75,95)(H,76,92)(H,77,93)(H,78,100)(H,79,101)(H,80,102)(H,81,98)(H,82,99)(H,96,97)/t52-,53-,54-,55-,56-,57+,58-/m0/s1. The fraction of sp³-hybridized carbons (Fsp3) is 0.789. The van der Waals surface area contributed by atoms with Gasteiger partial charge in [-0.15, -0.1) is 0 Å². The molecule has 0 aliphatic carbocycles. The molecule has 0 heterocycles. The van der Waals surface area contributed by atoms with Crippen LogP contribution in [0.2, 0.25) is 0 Å². The molecule has 0 unspecified atom stereocenters. The maximum absolute atomic E-state index is 13.9. The Morgan fingerprint density at radius 2 is 0.764 bits per heavy atom. The smallest absolute Gasteiger partial charge is 0.303 e. The highest BCUT2D eigenvalue weighted by molar-refractivity contribution is 5.98. The third-order valence-corrected chi connectivity index (χ3v) is 16.7. The van der Waals surface area contributed by atoms with Crippen molar-refractivity contribution >= 4 is 88.3 Å². The van der Waals surface area contributed by atoms with Gasteiger partial charge in [0.1, 0.15) is 55.2 Å². The van der Waals surface area contributed by atoms with Crippen LogP contribution in [0, 0.1) is 0 Å². The monoisotopic (exact) mass is 1510 g/mol. The molecule has 11 amide bonds. The zero-order valence-electron chi connectivity index (χ0n) is 63.0. The minimum Gasteiger partial charge on any atom is -0.481 e. The van der Waals surface area contributed by atoms with Gasteiger partial charge in [-0.3, -0.25) is 71.9 Å². The molecule has 17 N–H and O–H groups in total. The second kappa shape index (κ2) is 63.4. The fourth-order valence-electron chi connectivity index (χ4n) is 10.5. The van der Waals surface area contributed by atoms with Gasteiger partial charge in [0.2, 0.25) is 65.0 Å². The molecule has 0 aromatic carbocycles. The number of aliphatic hydroxyl groups excluding tert-OH is 3. The van der Waals surface area contributed by atoms with E-state index >= 15 is 0 Å². The summed E-state index contributed by atoms with van der Waals surface area (Å²) in [5, 5.41) is 60.4. The zero-order valence-corrected chi connectivity index (χ0v) is 63.0. The van der Waals surface area contributed by atoms with Gasteiger partial charge in [-0.1, -0.05) is 110 Å². The number of ketones is 3. The first-order valence-corrected chi connectivity index (χ1v) is 37.4. The minimum atomic E-state index is -1.86. The van der Waals surface area contributed by atoms with Gasteiger partial charge in [-0.05, 0) is 78.9 Å². The predicted octanol–water partition coefficient (Wildman–Crippen LogP) is -0.887. The molecule has 106 heavy (non-hydrogen) atoms. The van der Waals surface area contributed by atoms with Crippen LogP contribution in [0.25, 0.3) is 0 Å². The number of nitrogens with one attached hydrogen (secondary N) is 9. The lowest BCUT2D eigenvalue weighted by Gasteiger charge is -2.27. The van der Waals surface area contributed by atoms with Crippen LogP contribution in [0.4, 0.5) is 0 Å².